The van der Waals surface area contributed by atoms with Gasteiger partial charge in [-0.15, -0.1) is 11.3 Å². The van der Waals surface area contributed by atoms with Crippen molar-refractivity contribution in [3.05, 3.63) is 50.6 Å². The minimum atomic E-state index is -0.0515. The van der Waals surface area contributed by atoms with Crippen molar-refractivity contribution in [1.29, 1.82) is 0 Å². The molecule has 1 aliphatic heterocycles. The average Bonchev–Trinajstić information content (AvgIpc) is 3.13. The van der Waals surface area contributed by atoms with E-state index in [0.717, 1.165) is 17.7 Å². The molecule has 2 aromatic rings. The van der Waals surface area contributed by atoms with Crippen molar-refractivity contribution in [2.24, 2.45) is 0 Å². The summed E-state index contributed by atoms with van der Waals surface area (Å²) in [4.78, 5) is 15.9. The minimum absolute atomic E-state index is 0.0497. The van der Waals surface area contributed by atoms with E-state index < -0.39 is 0 Å². The summed E-state index contributed by atoms with van der Waals surface area (Å²) in [5, 5.41) is 2.95. The van der Waals surface area contributed by atoms with Crippen molar-refractivity contribution < 1.29 is 14.3 Å². The van der Waals surface area contributed by atoms with Crippen LogP contribution in [-0.4, -0.2) is 36.7 Å². The van der Waals surface area contributed by atoms with E-state index >= 15 is 0 Å². The fourth-order valence-electron chi connectivity index (χ4n) is 2.80. The number of amides is 1. The number of hydrogen-bond acceptors (Lipinski definition) is 4. The molecule has 1 aromatic carbocycles. The molecule has 1 fully saturated rings. The van der Waals surface area contributed by atoms with Gasteiger partial charge in [-0.25, -0.2) is 0 Å². The van der Waals surface area contributed by atoms with E-state index in [1.807, 2.05) is 22.4 Å². The Balaban J connectivity index is 1.67. The van der Waals surface area contributed by atoms with E-state index in [2.05, 4.69) is 0 Å². The van der Waals surface area contributed by atoms with Crippen LogP contribution in [0.3, 0.4) is 0 Å². The molecule has 0 spiro atoms. The van der Waals surface area contributed by atoms with Gasteiger partial charge in [-0.2, -0.15) is 0 Å². The molecule has 0 saturated carbocycles. The molecule has 1 aromatic heterocycles. The number of thiophene rings is 1. The molecule has 0 radical (unpaired) electrons. The molecule has 0 aliphatic carbocycles. The van der Waals surface area contributed by atoms with Crippen LogP contribution in [0.4, 0.5) is 0 Å². The Morgan fingerprint density at radius 3 is 2.76 bits per heavy atom. The molecular weight excluding hydrogens is 381 g/mol. The van der Waals surface area contributed by atoms with Gasteiger partial charge >= 0.3 is 0 Å². The monoisotopic (exact) mass is 399 g/mol. The Kier molecular flexibility index (Phi) is 6.59. The van der Waals surface area contributed by atoms with Crippen molar-refractivity contribution in [2.45, 2.75) is 25.4 Å². The SMILES string of the molecule is O=C(COc1ccc(Cl)cc1Cl)N(Cc1cccs1)C1CCOCC1. The van der Waals surface area contributed by atoms with Crippen LogP contribution in [0.2, 0.25) is 10.0 Å². The van der Waals surface area contributed by atoms with Gasteiger partial charge < -0.3 is 14.4 Å². The average molecular weight is 400 g/mol. The molecule has 0 atom stereocenters. The van der Waals surface area contributed by atoms with Crippen LogP contribution in [0.25, 0.3) is 0 Å². The fourth-order valence-corrected chi connectivity index (χ4v) is 3.97. The number of rotatable bonds is 6. The van der Waals surface area contributed by atoms with Crippen LogP contribution in [-0.2, 0) is 16.1 Å². The van der Waals surface area contributed by atoms with Gasteiger partial charge in [-0.3, -0.25) is 4.79 Å². The molecule has 2 heterocycles. The molecule has 25 heavy (non-hydrogen) atoms. The number of hydrogen-bond donors (Lipinski definition) is 0. The van der Waals surface area contributed by atoms with Gasteiger partial charge in [0.05, 0.1) is 11.6 Å². The predicted octanol–water partition coefficient (Wildman–Crippen LogP) is 4.64. The molecule has 1 saturated heterocycles. The summed E-state index contributed by atoms with van der Waals surface area (Å²) in [7, 11) is 0. The quantitative estimate of drug-likeness (QED) is 0.709. The Morgan fingerprint density at radius 2 is 2.08 bits per heavy atom. The highest BCUT2D eigenvalue weighted by Gasteiger charge is 2.26. The summed E-state index contributed by atoms with van der Waals surface area (Å²) in [5.41, 5.74) is 0. The highest BCUT2D eigenvalue weighted by Crippen LogP contribution is 2.28. The van der Waals surface area contributed by atoms with E-state index in [0.29, 0.717) is 35.6 Å². The van der Waals surface area contributed by atoms with Crippen molar-refractivity contribution in [3.63, 3.8) is 0 Å². The maximum atomic E-state index is 12.8. The lowest BCUT2D eigenvalue weighted by Gasteiger charge is -2.34. The van der Waals surface area contributed by atoms with Gasteiger partial charge in [0.1, 0.15) is 5.75 Å². The summed E-state index contributed by atoms with van der Waals surface area (Å²) >= 11 is 13.6. The van der Waals surface area contributed by atoms with Crippen LogP contribution in [0.5, 0.6) is 5.75 Å². The minimum Gasteiger partial charge on any atom is -0.482 e. The Labute approximate surface area is 161 Å². The lowest BCUT2D eigenvalue weighted by Crippen LogP contribution is -2.44. The topological polar surface area (TPSA) is 38.8 Å². The van der Waals surface area contributed by atoms with Crippen LogP contribution in [0, 0.1) is 0 Å². The zero-order valence-electron chi connectivity index (χ0n) is 13.6. The van der Waals surface area contributed by atoms with Crippen molar-refractivity contribution in [1.82, 2.24) is 4.90 Å². The van der Waals surface area contributed by atoms with Crippen LogP contribution >= 0.6 is 34.5 Å². The second-order valence-electron chi connectivity index (χ2n) is 5.81. The van der Waals surface area contributed by atoms with Crippen LogP contribution < -0.4 is 4.74 Å². The van der Waals surface area contributed by atoms with Gasteiger partial charge in [-0.05, 0) is 42.5 Å². The number of benzene rings is 1. The highest BCUT2D eigenvalue weighted by atomic mass is 35.5. The lowest BCUT2D eigenvalue weighted by molar-refractivity contribution is -0.138. The standard InChI is InChI=1S/C18H19Cl2NO3S/c19-13-3-4-17(16(20)10-13)24-12-18(22)21(11-15-2-1-9-25-15)14-5-7-23-8-6-14/h1-4,9-10,14H,5-8,11-12H2. The first-order chi connectivity index (χ1) is 12.1. The number of nitrogens with zero attached hydrogens (tertiary/aromatic N) is 1. The Hall–Kier alpha value is -1.27. The van der Waals surface area contributed by atoms with Crippen LogP contribution in [0.15, 0.2) is 35.7 Å². The first-order valence-electron chi connectivity index (χ1n) is 8.11. The molecule has 0 unspecified atom stereocenters. The van der Waals surface area contributed by atoms with Gasteiger partial charge in [0.2, 0.25) is 0 Å². The number of carbonyl (C=O) groups excluding carboxylic acids is 1. The third-order valence-corrected chi connectivity index (χ3v) is 5.49. The van der Waals surface area contributed by atoms with E-state index in [-0.39, 0.29) is 18.6 Å². The molecule has 4 nitrogen and oxygen atoms in total. The predicted molar refractivity (Wildman–Crippen MR) is 101 cm³/mol. The molecule has 0 N–H and O–H groups in total. The second-order valence-corrected chi connectivity index (χ2v) is 7.68. The fraction of sp³-hybridized carbons (Fsp3) is 0.389. The normalized spacial score (nSPS) is 15.1. The number of halogens is 2. The summed E-state index contributed by atoms with van der Waals surface area (Å²) in [6.07, 6.45) is 1.69. The zero-order chi connectivity index (χ0) is 17.6. The molecule has 7 heteroatoms. The van der Waals surface area contributed by atoms with E-state index in [4.69, 9.17) is 32.7 Å². The van der Waals surface area contributed by atoms with Crippen molar-refractivity contribution in [2.75, 3.05) is 19.8 Å². The third-order valence-electron chi connectivity index (χ3n) is 4.10. The maximum Gasteiger partial charge on any atom is 0.261 e. The Morgan fingerprint density at radius 1 is 1.28 bits per heavy atom. The molecule has 1 amide bonds. The Bertz CT molecular complexity index is 702. The van der Waals surface area contributed by atoms with E-state index in [1.165, 1.54) is 0 Å². The van der Waals surface area contributed by atoms with Crippen molar-refractivity contribution >= 4 is 40.4 Å². The molecule has 134 valence electrons. The largest absolute Gasteiger partial charge is 0.482 e. The van der Waals surface area contributed by atoms with Gasteiger partial charge in [-0.1, -0.05) is 29.3 Å². The first kappa shape index (κ1) is 18.5. The third kappa shape index (κ3) is 5.11. The highest BCUT2D eigenvalue weighted by molar-refractivity contribution is 7.09. The molecule has 3 rings (SSSR count). The first-order valence-corrected chi connectivity index (χ1v) is 9.74. The maximum absolute atomic E-state index is 12.8. The van der Waals surface area contributed by atoms with Gasteiger partial charge in [0.25, 0.3) is 5.91 Å². The van der Waals surface area contributed by atoms with E-state index in [9.17, 15) is 4.79 Å². The zero-order valence-corrected chi connectivity index (χ0v) is 15.9. The molecule has 1 aliphatic rings. The van der Waals surface area contributed by atoms with Crippen LogP contribution in [0.1, 0.15) is 17.7 Å². The smallest absolute Gasteiger partial charge is 0.261 e. The summed E-state index contributed by atoms with van der Waals surface area (Å²) in [6, 6.07) is 9.18. The molecular formula is C18H19Cl2NO3S. The summed E-state index contributed by atoms with van der Waals surface area (Å²) < 4.78 is 11.1. The second kappa shape index (κ2) is 8.90. The van der Waals surface area contributed by atoms with Gasteiger partial charge in [0.15, 0.2) is 6.61 Å². The lowest BCUT2D eigenvalue weighted by atomic mass is 10.1. The van der Waals surface area contributed by atoms with E-state index in [1.54, 1.807) is 29.5 Å². The summed E-state index contributed by atoms with van der Waals surface area (Å²) in [5.74, 6) is 0.411. The van der Waals surface area contributed by atoms with Gasteiger partial charge in [0, 0.05) is 29.2 Å². The number of carbonyl (C=O) groups is 1. The number of ether oxygens (including phenoxy) is 2. The summed E-state index contributed by atoms with van der Waals surface area (Å²) in [6.45, 7) is 1.91. The molecule has 0 bridgehead atoms. The van der Waals surface area contributed by atoms with Crippen molar-refractivity contribution in [3.8, 4) is 5.75 Å².